The fourth-order valence-corrected chi connectivity index (χ4v) is 11.2. The highest BCUT2D eigenvalue weighted by Crippen LogP contribution is 2.34. The van der Waals surface area contributed by atoms with Crippen molar-refractivity contribution in [2.45, 2.75) is 62.7 Å². The van der Waals surface area contributed by atoms with Crippen molar-refractivity contribution in [3.05, 3.63) is 187 Å². The van der Waals surface area contributed by atoms with Crippen LogP contribution >= 0.6 is 83.6 Å². The summed E-state index contributed by atoms with van der Waals surface area (Å²) < 4.78 is 0. The molecule has 0 saturated carbocycles. The molecular formula is C52H51Cl3N10O5S4. The number of nitrogens with one attached hydrogen (secondary N) is 7. The number of carbonyl (C=O) groups excluding carboxylic acids is 3. The molecule has 22 heteroatoms. The Hall–Kier alpha value is -6.03. The average Bonchev–Trinajstić information content (AvgIpc) is 3.89. The van der Waals surface area contributed by atoms with Gasteiger partial charge in [-0.25, -0.2) is 14.8 Å². The van der Waals surface area contributed by atoms with Gasteiger partial charge in [0.05, 0.1) is 45.3 Å². The molecule has 74 heavy (non-hydrogen) atoms. The van der Waals surface area contributed by atoms with Gasteiger partial charge in [-0.3, -0.25) is 36.1 Å². The number of nitrogens with zero attached hydrogens (tertiary/aromatic N) is 2. The van der Waals surface area contributed by atoms with Gasteiger partial charge in [0, 0.05) is 23.9 Å². The molecule has 10 N–H and O–H groups in total. The number of amides is 1. The third-order valence-corrected chi connectivity index (χ3v) is 15.4. The highest BCUT2D eigenvalue weighted by molar-refractivity contribution is 8.14. The number of carboxylic acids is 1. The largest absolute Gasteiger partial charge is 0.478 e. The van der Waals surface area contributed by atoms with E-state index in [0.29, 0.717) is 28.2 Å². The minimum Gasteiger partial charge on any atom is -0.478 e. The van der Waals surface area contributed by atoms with Gasteiger partial charge in [-0.05, 0) is 120 Å². The highest BCUT2D eigenvalue weighted by Gasteiger charge is 2.29. The van der Waals surface area contributed by atoms with Crippen LogP contribution in [0.5, 0.6) is 0 Å². The Kier molecular flexibility index (Phi) is 19.9. The number of hydrogen-bond donors (Lipinski definition) is 9. The third-order valence-electron chi connectivity index (χ3n) is 12.3. The molecule has 4 aliphatic rings. The number of halogens is 3. The standard InChI is InChI=1S/C26H24ClN5O2S2.C22H19ClN4O2S.C4H7NOS.ClH/c27-20-13-17(24(33)29-21-11-12-36-25(21)34)14-28-23(20)31-32-26(35)30-22-18-7-3-1-5-15(18)9-10-16-6-2-4-8-19(16)22;23-18-11-15(21(28)29)12-24-20(18)26-27-22(30)25-19-16-7-3-1-5-13(16)9-10-14-6-2-4-8-17(14)19;5-3-1-2-7-4(3)6;/h1-8,13-14,21-22H,9-12H2,(H,28,31)(H,29,33)(H2,30,32,35);1-8,11-12,19H,9-10H2,(H,24,26)(H,28,29)(H2,25,27,30);3H,1-2,5H2;1H/t21-;;3-;/m0.0./s1. The second kappa shape index (κ2) is 26.5. The number of carbonyl (C=O) groups is 4. The number of rotatable bonds is 9. The number of aromatic carboxylic acids is 1. The summed E-state index contributed by atoms with van der Waals surface area (Å²) >= 11 is 26.1. The average molecular weight is 1130 g/mol. The Bertz CT molecular complexity index is 2970. The topological polar surface area (TPSA) is 225 Å². The first-order chi connectivity index (χ1) is 35.3. The van der Waals surface area contributed by atoms with Gasteiger partial charge >= 0.3 is 5.97 Å². The fraction of sp³-hybridized carbons (Fsp3) is 0.231. The number of nitrogens with two attached hydrogens (primary N) is 1. The Morgan fingerprint density at radius 1 is 0.595 bits per heavy atom. The number of carboxylic acid groups (broad SMARTS) is 1. The van der Waals surface area contributed by atoms with Crippen LogP contribution in [0.4, 0.5) is 11.6 Å². The van der Waals surface area contributed by atoms with Crippen LogP contribution in [-0.4, -0.2) is 71.0 Å². The SMILES string of the molecule is Cl.N[C@H]1CCSC1=O.O=C(N[C@H]1CCSC1=O)c1cnc(NNC(=S)NC2c3ccccc3CCc3ccccc32)c(Cl)c1.O=C(O)c1cnc(NNC(=S)NC2c3ccccc3CCc3ccccc32)c(Cl)c1. The van der Waals surface area contributed by atoms with E-state index in [1.54, 1.807) is 0 Å². The smallest absolute Gasteiger partial charge is 0.337 e. The molecule has 2 atom stereocenters. The van der Waals surface area contributed by atoms with Crippen molar-refractivity contribution in [2.75, 3.05) is 22.4 Å². The summed E-state index contributed by atoms with van der Waals surface area (Å²) in [5.74, 6) is 0.766. The molecule has 0 radical (unpaired) electrons. The Labute approximate surface area is 463 Å². The van der Waals surface area contributed by atoms with E-state index >= 15 is 0 Å². The summed E-state index contributed by atoms with van der Waals surface area (Å²) in [5, 5.41) is 19.9. The van der Waals surface area contributed by atoms with E-state index < -0.39 is 12.0 Å². The summed E-state index contributed by atoms with van der Waals surface area (Å²) in [5.41, 5.74) is 27.1. The van der Waals surface area contributed by atoms with Crippen molar-refractivity contribution in [3.8, 4) is 0 Å². The second-order valence-corrected chi connectivity index (χ2v) is 20.9. The molecule has 6 aromatic rings. The highest BCUT2D eigenvalue weighted by atomic mass is 35.5. The molecule has 2 aromatic heterocycles. The minimum atomic E-state index is -1.09. The Balaban J connectivity index is 0.000000191. The maximum Gasteiger partial charge on any atom is 0.337 e. The number of aryl methyl sites for hydroxylation is 4. The lowest BCUT2D eigenvalue weighted by Crippen LogP contribution is -2.41. The lowest BCUT2D eigenvalue weighted by atomic mass is 9.95. The number of aromatic nitrogens is 2. The summed E-state index contributed by atoms with van der Waals surface area (Å²) in [6.45, 7) is 0. The van der Waals surface area contributed by atoms with E-state index in [-0.39, 0.29) is 73.7 Å². The first-order valence-electron chi connectivity index (χ1n) is 23.2. The van der Waals surface area contributed by atoms with Gasteiger partial charge in [0.25, 0.3) is 5.91 Å². The summed E-state index contributed by atoms with van der Waals surface area (Å²) in [6.07, 6.45) is 8.01. The van der Waals surface area contributed by atoms with Crippen LogP contribution in [0.1, 0.15) is 90.1 Å². The molecule has 2 fully saturated rings. The molecular weight excluding hydrogens is 1080 g/mol. The number of benzene rings is 4. The van der Waals surface area contributed by atoms with Crippen LogP contribution in [0.25, 0.3) is 0 Å². The van der Waals surface area contributed by atoms with Crippen molar-refractivity contribution in [3.63, 3.8) is 0 Å². The zero-order chi connectivity index (χ0) is 51.4. The van der Waals surface area contributed by atoms with Crippen LogP contribution < -0.4 is 43.4 Å². The van der Waals surface area contributed by atoms with Gasteiger partial charge in [0.2, 0.25) is 10.2 Å². The number of hydrazine groups is 2. The van der Waals surface area contributed by atoms with Gasteiger partial charge in [0.15, 0.2) is 21.9 Å². The normalized spacial score (nSPS) is 16.4. The maximum absolute atomic E-state index is 12.5. The lowest BCUT2D eigenvalue weighted by molar-refractivity contribution is -0.112. The van der Waals surface area contributed by atoms with E-state index in [1.165, 1.54) is 92.6 Å². The van der Waals surface area contributed by atoms with Gasteiger partial charge in [-0.1, -0.05) is 144 Å². The molecule has 2 aliphatic carbocycles. The second-order valence-electron chi connectivity index (χ2n) is 17.1. The quantitative estimate of drug-likeness (QED) is 0.0488. The Morgan fingerprint density at radius 3 is 1.34 bits per heavy atom. The molecule has 4 aromatic carbocycles. The van der Waals surface area contributed by atoms with Gasteiger partial charge in [-0.15, -0.1) is 12.4 Å². The third kappa shape index (κ3) is 14.2. The molecule has 1 amide bonds. The molecule has 0 bridgehead atoms. The van der Waals surface area contributed by atoms with Gasteiger partial charge in [-0.2, -0.15) is 0 Å². The van der Waals surface area contributed by atoms with Crippen molar-refractivity contribution in [1.82, 2.24) is 36.8 Å². The number of thioether (sulfide) groups is 2. The van der Waals surface area contributed by atoms with Gasteiger partial charge in [0.1, 0.15) is 0 Å². The van der Waals surface area contributed by atoms with Gasteiger partial charge < -0.3 is 26.8 Å². The molecule has 384 valence electrons. The van der Waals surface area contributed by atoms with E-state index in [4.69, 9.17) is 58.5 Å². The van der Waals surface area contributed by atoms with Crippen molar-refractivity contribution < 1.29 is 24.3 Å². The number of anilines is 2. The maximum atomic E-state index is 12.5. The zero-order valence-electron chi connectivity index (χ0n) is 39.4. The number of thiocarbonyl (C=S) groups is 2. The number of pyridine rings is 2. The minimum absolute atomic E-state index is 0. The molecule has 15 nitrogen and oxygen atoms in total. The van der Waals surface area contributed by atoms with E-state index in [1.807, 2.05) is 24.3 Å². The summed E-state index contributed by atoms with van der Waals surface area (Å²) in [4.78, 5) is 54.0. The first kappa shape index (κ1) is 55.7. The molecule has 0 unspecified atom stereocenters. The van der Waals surface area contributed by atoms with E-state index in [9.17, 15) is 19.2 Å². The number of hydrogen-bond acceptors (Lipinski definition) is 13. The van der Waals surface area contributed by atoms with Crippen LogP contribution in [0.15, 0.2) is 122 Å². The monoisotopic (exact) mass is 1130 g/mol. The Morgan fingerprint density at radius 2 is 0.986 bits per heavy atom. The molecule has 0 spiro atoms. The van der Waals surface area contributed by atoms with E-state index in [2.05, 4.69) is 120 Å². The molecule has 4 heterocycles. The fourth-order valence-electron chi connectivity index (χ4n) is 8.61. The van der Waals surface area contributed by atoms with Crippen molar-refractivity contribution >= 4 is 128 Å². The molecule has 10 rings (SSSR count). The lowest BCUT2D eigenvalue weighted by Gasteiger charge is -2.24. The summed E-state index contributed by atoms with van der Waals surface area (Å²) in [7, 11) is 0. The van der Waals surface area contributed by atoms with Crippen molar-refractivity contribution in [1.29, 1.82) is 0 Å². The predicted molar refractivity (Wildman–Crippen MR) is 305 cm³/mol. The predicted octanol–water partition coefficient (Wildman–Crippen LogP) is 8.69. The molecule has 2 aliphatic heterocycles. The van der Waals surface area contributed by atoms with Crippen LogP contribution in [0.2, 0.25) is 10.0 Å². The van der Waals surface area contributed by atoms with Crippen LogP contribution in [-0.2, 0) is 35.3 Å². The van der Waals surface area contributed by atoms with E-state index in [0.717, 1.165) is 37.9 Å². The summed E-state index contributed by atoms with van der Waals surface area (Å²) in [6, 6.07) is 35.5. The first-order valence-corrected chi connectivity index (χ1v) is 26.8. The zero-order valence-corrected chi connectivity index (χ0v) is 45.0. The van der Waals surface area contributed by atoms with Crippen LogP contribution in [0.3, 0.4) is 0 Å². The number of fused-ring (bicyclic) bond motifs is 4. The van der Waals surface area contributed by atoms with Crippen LogP contribution in [0, 0.1) is 0 Å². The van der Waals surface area contributed by atoms with Crippen molar-refractivity contribution in [2.24, 2.45) is 5.73 Å². The molecule has 2 saturated heterocycles.